The number of methoxy groups -OCH3 is 1. The summed E-state index contributed by atoms with van der Waals surface area (Å²) in [6.45, 7) is 4.60. The van der Waals surface area contributed by atoms with Crippen molar-refractivity contribution in [1.29, 1.82) is 0 Å². The van der Waals surface area contributed by atoms with Crippen LogP contribution in [-0.4, -0.2) is 50.2 Å². The number of hydrogen-bond acceptors (Lipinski definition) is 3. The predicted molar refractivity (Wildman–Crippen MR) is 59.8 cm³/mol. The molecule has 1 N–H and O–H groups in total. The number of rotatable bonds is 4. The summed E-state index contributed by atoms with van der Waals surface area (Å²) >= 11 is 0. The van der Waals surface area contributed by atoms with Gasteiger partial charge in [-0.1, -0.05) is 6.92 Å². The van der Waals surface area contributed by atoms with Gasteiger partial charge >= 0.3 is 0 Å². The Labute approximate surface area is 92.0 Å². The van der Waals surface area contributed by atoms with Crippen molar-refractivity contribution in [1.82, 2.24) is 10.2 Å². The molecule has 88 valence electrons. The highest BCUT2D eigenvalue weighted by Gasteiger charge is 2.41. The molecule has 1 aliphatic heterocycles. The predicted octanol–water partition coefficient (Wildman–Crippen LogP) is 0.623. The Morgan fingerprint density at radius 2 is 2.07 bits per heavy atom. The molecule has 1 saturated heterocycles. The summed E-state index contributed by atoms with van der Waals surface area (Å²) < 4.78 is 5.48. The van der Waals surface area contributed by atoms with Crippen LogP contribution in [0, 0.1) is 0 Å². The van der Waals surface area contributed by atoms with Crippen LogP contribution in [0.5, 0.6) is 0 Å². The number of carbonyl (C=O) groups is 1. The van der Waals surface area contributed by atoms with Crippen molar-refractivity contribution < 1.29 is 9.53 Å². The van der Waals surface area contributed by atoms with Gasteiger partial charge < -0.3 is 15.0 Å². The third-order valence-corrected chi connectivity index (χ3v) is 3.10. The van der Waals surface area contributed by atoms with E-state index in [2.05, 4.69) is 12.2 Å². The smallest absolute Gasteiger partial charge is 0.254 e. The lowest BCUT2D eigenvalue weighted by atomic mass is 9.90. The highest BCUT2D eigenvalue weighted by atomic mass is 16.5. The molecule has 15 heavy (non-hydrogen) atoms. The zero-order valence-electron chi connectivity index (χ0n) is 10.0. The Hall–Kier alpha value is -0.610. The molecular weight excluding hydrogens is 192 g/mol. The first-order valence-corrected chi connectivity index (χ1v) is 5.67. The SMILES string of the molecule is CCCN(C)C(=O)C1(OC)CCNCC1. The summed E-state index contributed by atoms with van der Waals surface area (Å²) in [7, 11) is 3.50. The molecule has 4 nitrogen and oxygen atoms in total. The minimum absolute atomic E-state index is 0.133. The van der Waals surface area contributed by atoms with Crippen molar-refractivity contribution in [3.63, 3.8) is 0 Å². The molecule has 0 radical (unpaired) electrons. The first-order valence-electron chi connectivity index (χ1n) is 5.67. The maximum atomic E-state index is 12.2. The van der Waals surface area contributed by atoms with Gasteiger partial charge in [-0.3, -0.25) is 4.79 Å². The Morgan fingerprint density at radius 1 is 1.47 bits per heavy atom. The van der Waals surface area contributed by atoms with Gasteiger partial charge in [-0.05, 0) is 32.4 Å². The molecule has 0 aromatic rings. The molecule has 1 fully saturated rings. The summed E-state index contributed by atoms with van der Waals surface area (Å²) in [6, 6.07) is 0. The first kappa shape index (κ1) is 12.5. The quantitative estimate of drug-likeness (QED) is 0.746. The summed E-state index contributed by atoms with van der Waals surface area (Å²) in [5, 5.41) is 3.25. The summed E-state index contributed by atoms with van der Waals surface area (Å²) in [5.41, 5.74) is -0.574. The van der Waals surface area contributed by atoms with Crippen molar-refractivity contribution in [2.75, 3.05) is 33.8 Å². The number of carbonyl (C=O) groups excluding carboxylic acids is 1. The molecule has 0 aromatic heterocycles. The summed E-state index contributed by atoms with van der Waals surface area (Å²) in [5.74, 6) is 0.133. The molecule has 0 saturated carbocycles. The third-order valence-electron chi connectivity index (χ3n) is 3.10. The molecule has 0 aromatic carbocycles. The van der Waals surface area contributed by atoms with E-state index in [1.807, 2.05) is 7.05 Å². The maximum absolute atomic E-state index is 12.2. The second-order valence-corrected chi connectivity index (χ2v) is 4.18. The largest absolute Gasteiger partial charge is 0.368 e. The first-order chi connectivity index (χ1) is 7.16. The number of nitrogens with one attached hydrogen (secondary N) is 1. The van der Waals surface area contributed by atoms with E-state index in [4.69, 9.17) is 4.74 Å². The van der Waals surface area contributed by atoms with Crippen molar-refractivity contribution in [3.05, 3.63) is 0 Å². The fraction of sp³-hybridized carbons (Fsp3) is 0.909. The highest BCUT2D eigenvalue weighted by molar-refractivity contribution is 5.85. The van der Waals surface area contributed by atoms with Gasteiger partial charge in [0.25, 0.3) is 5.91 Å². The average molecular weight is 214 g/mol. The van der Waals surface area contributed by atoms with Crippen LogP contribution >= 0.6 is 0 Å². The number of amides is 1. The zero-order chi connectivity index (χ0) is 11.3. The molecular formula is C11H22N2O2. The summed E-state index contributed by atoms with van der Waals surface area (Å²) in [6.07, 6.45) is 2.53. The molecule has 1 rings (SSSR count). The van der Waals surface area contributed by atoms with Crippen LogP contribution in [0.15, 0.2) is 0 Å². The topological polar surface area (TPSA) is 41.6 Å². The lowest BCUT2D eigenvalue weighted by Gasteiger charge is -2.37. The van der Waals surface area contributed by atoms with Gasteiger partial charge in [-0.15, -0.1) is 0 Å². The molecule has 4 heteroatoms. The van der Waals surface area contributed by atoms with Crippen LogP contribution in [0.2, 0.25) is 0 Å². The number of likely N-dealkylation sites (N-methyl/N-ethyl adjacent to an activating group) is 1. The zero-order valence-corrected chi connectivity index (χ0v) is 10.0. The molecule has 0 spiro atoms. The molecule has 0 aliphatic carbocycles. The molecule has 0 atom stereocenters. The third kappa shape index (κ3) is 2.69. The van der Waals surface area contributed by atoms with E-state index in [9.17, 15) is 4.79 Å². The van der Waals surface area contributed by atoms with Crippen LogP contribution in [0.25, 0.3) is 0 Å². The van der Waals surface area contributed by atoms with E-state index in [0.717, 1.165) is 38.9 Å². The second kappa shape index (κ2) is 5.47. The number of piperidine rings is 1. The van der Waals surface area contributed by atoms with Crippen LogP contribution in [0.3, 0.4) is 0 Å². The number of nitrogens with zero attached hydrogens (tertiary/aromatic N) is 1. The van der Waals surface area contributed by atoms with Gasteiger partial charge in [0.15, 0.2) is 0 Å². The van der Waals surface area contributed by atoms with Gasteiger partial charge in [0.2, 0.25) is 0 Å². The van der Waals surface area contributed by atoms with Gasteiger partial charge in [0, 0.05) is 20.7 Å². The van der Waals surface area contributed by atoms with E-state index in [1.54, 1.807) is 12.0 Å². The van der Waals surface area contributed by atoms with E-state index in [-0.39, 0.29) is 5.91 Å². The maximum Gasteiger partial charge on any atom is 0.254 e. The van der Waals surface area contributed by atoms with Crippen LogP contribution in [0.1, 0.15) is 26.2 Å². The van der Waals surface area contributed by atoms with Gasteiger partial charge in [-0.2, -0.15) is 0 Å². The second-order valence-electron chi connectivity index (χ2n) is 4.18. The molecule has 1 amide bonds. The highest BCUT2D eigenvalue weighted by Crippen LogP contribution is 2.24. The Bertz CT molecular complexity index is 213. The molecule has 1 aliphatic rings. The number of ether oxygens (including phenoxy) is 1. The minimum Gasteiger partial charge on any atom is -0.368 e. The Balaban J connectivity index is 2.67. The van der Waals surface area contributed by atoms with Crippen molar-refractivity contribution in [3.8, 4) is 0 Å². The van der Waals surface area contributed by atoms with E-state index in [0.29, 0.717) is 0 Å². The van der Waals surface area contributed by atoms with Gasteiger partial charge in [0.05, 0.1) is 0 Å². The van der Waals surface area contributed by atoms with E-state index >= 15 is 0 Å². The fourth-order valence-corrected chi connectivity index (χ4v) is 2.12. The lowest BCUT2D eigenvalue weighted by Crippen LogP contribution is -2.54. The molecule has 1 heterocycles. The standard InChI is InChI=1S/C11H22N2O2/c1-4-9-13(2)10(14)11(15-3)5-7-12-8-6-11/h12H,4-9H2,1-3H3. The van der Waals surface area contributed by atoms with Crippen molar-refractivity contribution >= 4 is 5.91 Å². The van der Waals surface area contributed by atoms with Gasteiger partial charge in [-0.25, -0.2) is 0 Å². The van der Waals surface area contributed by atoms with Crippen LogP contribution in [0.4, 0.5) is 0 Å². The molecule has 0 bridgehead atoms. The normalized spacial score (nSPS) is 19.9. The average Bonchev–Trinajstić information content (AvgIpc) is 2.29. The Kier molecular flexibility index (Phi) is 4.54. The summed E-state index contributed by atoms with van der Waals surface area (Å²) in [4.78, 5) is 14.0. The van der Waals surface area contributed by atoms with Crippen LogP contribution in [-0.2, 0) is 9.53 Å². The Morgan fingerprint density at radius 3 is 2.53 bits per heavy atom. The van der Waals surface area contributed by atoms with Gasteiger partial charge in [0.1, 0.15) is 5.60 Å². The van der Waals surface area contributed by atoms with E-state index < -0.39 is 5.60 Å². The van der Waals surface area contributed by atoms with Crippen molar-refractivity contribution in [2.24, 2.45) is 0 Å². The van der Waals surface area contributed by atoms with E-state index in [1.165, 1.54) is 0 Å². The fourth-order valence-electron chi connectivity index (χ4n) is 2.12. The minimum atomic E-state index is -0.574. The van der Waals surface area contributed by atoms with Crippen LogP contribution < -0.4 is 5.32 Å². The number of hydrogen-bond donors (Lipinski definition) is 1. The van der Waals surface area contributed by atoms with Crippen molar-refractivity contribution in [2.45, 2.75) is 31.8 Å². The lowest BCUT2D eigenvalue weighted by molar-refractivity contribution is -0.156. The molecule has 0 unspecified atom stereocenters. The monoisotopic (exact) mass is 214 g/mol.